The third-order valence-corrected chi connectivity index (χ3v) is 4.73. The molecule has 5 nitrogen and oxygen atoms in total. The van der Waals surface area contributed by atoms with Gasteiger partial charge in [0.1, 0.15) is 5.75 Å². The van der Waals surface area contributed by atoms with Crippen LogP contribution in [0.4, 0.5) is 0 Å². The summed E-state index contributed by atoms with van der Waals surface area (Å²) in [5.74, 6) is 0.378. The molecule has 26 heavy (non-hydrogen) atoms. The standard InChI is InChI=1S/C21H23NO4/c1-26-18-11-9-16(10-12-18)20(15-7-8-15)22-19(23)13-4-14-2-5-17(6-3-14)21(24)25/h2-3,5-6,9-12,15,20H,4,7-8,13H2,1H3,(H,22,23)(H,24,25). The van der Waals surface area contributed by atoms with Crippen molar-refractivity contribution in [2.24, 2.45) is 5.92 Å². The van der Waals surface area contributed by atoms with Gasteiger partial charge in [-0.1, -0.05) is 24.3 Å². The Morgan fingerprint density at radius 1 is 1.12 bits per heavy atom. The number of carbonyl (C=O) groups excluding carboxylic acids is 1. The zero-order valence-electron chi connectivity index (χ0n) is 14.8. The highest BCUT2D eigenvalue weighted by Gasteiger charge is 2.33. The number of carboxylic acid groups (broad SMARTS) is 1. The first-order valence-electron chi connectivity index (χ1n) is 8.82. The van der Waals surface area contributed by atoms with Crippen molar-refractivity contribution in [3.8, 4) is 5.75 Å². The number of nitrogens with one attached hydrogen (secondary N) is 1. The molecule has 2 aromatic carbocycles. The topological polar surface area (TPSA) is 75.6 Å². The number of ether oxygens (including phenoxy) is 1. The van der Waals surface area contributed by atoms with E-state index in [2.05, 4.69) is 5.32 Å². The lowest BCUT2D eigenvalue weighted by atomic mass is 10.0. The van der Waals surface area contributed by atoms with Crippen LogP contribution in [0.15, 0.2) is 48.5 Å². The maximum absolute atomic E-state index is 12.4. The molecule has 1 aliphatic carbocycles. The van der Waals surface area contributed by atoms with Gasteiger partial charge in [-0.05, 0) is 60.6 Å². The molecule has 1 amide bonds. The molecule has 0 bridgehead atoms. The second-order valence-electron chi connectivity index (χ2n) is 6.66. The minimum absolute atomic E-state index is 0.0139. The van der Waals surface area contributed by atoms with E-state index in [0.29, 0.717) is 18.8 Å². The van der Waals surface area contributed by atoms with E-state index >= 15 is 0 Å². The highest BCUT2D eigenvalue weighted by molar-refractivity contribution is 5.87. The van der Waals surface area contributed by atoms with Gasteiger partial charge in [-0.3, -0.25) is 4.79 Å². The molecule has 136 valence electrons. The van der Waals surface area contributed by atoms with Crippen LogP contribution < -0.4 is 10.1 Å². The highest BCUT2D eigenvalue weighted by Crippen LogP contribution is 2.41. The Bertz CT molecular complexity index is 764. The van der Waals surface area contributed by atoms with Crippen molar-refractivity contribution in [1.82, 2.24) is 5.32 Å². The van der Waals surface area contributed by atoms with Gasteiger partial charge >= 0.3 is 5.97 Å². The van der Waals surface area contributed by atoms with Crippen LogP contribution in [0.1, 0.15) is 46.8 Å². The highest BCUT2D eigenvalue weighted by atomic mass is 16.5. The predicted molar refractivity (Wildman–Crippen MR) is 98.3 cm³/mol. The number of carboxylic acids is 1. The van der Waals surface area contributed by atoms with Crippen LogP contribution in [0, 0.1) is 5.92 Å². The molecule has 1 unspecified atom stereocenters. The lowest BCUT2D eigenvalue weighted by molar-refractivity contribution is -0.122. The van der Waals surface area contributed by atoms with Crippen molar-refractivity contribution in [3.05, 3.63) is 65.2 Å². The van der Waals surface area contributed by atoms with Gasteiger partial charge in [0.25, 0.3) is 0 Å². The van der Waals surface area contributed by atoms with Gasteiger partial charge in [0.15, 0.2) is 0 Å². The van der Waals surface area contributed by atoms with Crippen LogP contribution in [-0.4, -0.2) is 24.1 Å². The number of amides is 1. The van der Waals surface area contributed by atoms with Crippen molar-refractivity contribution in [2.45, 2.75) is 31.7 Å². The number of benzene rings is 2. The first-order chi connectivity index (χ1) is 12.6. The average Bonchev–Trinajstić information content (AvgIpc) is 3.50. The van der Waals surface area contributed by atoms with Crippen molar-refractivity contribution in [2.75, 3.05) is 7.11 Å². The zero-order valence-corrected chi connectivity index (χ0v) is 14.8. The first kappa shape index (κ1) is 18.0. The van der Waals surface area contributed by atoms with Crippen molar-refractivity contribution >= 4 is 11.9 Å². The van der Waals surface area contributed by atoms with Gasteiger partial charge in [0, 0.05) is 6.42 Å². The van der Waals surface area contributed by atoms with Crippen molar-refractivity contribution in [3.63, 3.8) is 0 Å². The van der Waals surface area contributed by atoms with Crippen LogP contribution in [0.5, 0.6) is 5.75 Å². The monoisotopic (exact) mass is 353 g/mol. The summed E-state index contributed by atoms with van der Waals surface area (Å²) in [6.45, 7) is 0. The number of methoxy groups -OCH3 is 1. The molecule has 0 spiro atoms. The normalized spacial score (nSPS) is 14.5. The molecular weight excluding hydrogens is 330 g/mol. The molecule has 1 aliphatic rings. The molecule has 0 saturated heterocycles. The van der Waals surface area contributed by atoms with Crippen molar-refractivity contribution < 1.29 is 19.4 Å². The summed E-state index contributed by atoms with van der Waals surface area (Å²) < 4.78 is 5.19. The fourth-order valence-corrected chi connectivity index (χ4v) is 3.03. The molecule has 0 heterocycles. The molecule has 2 aromatic rings. The third-order valence-electron chi connectivity index (χ3n) is 4.73. The van der Waals surface area contributed by atoms with Gasteiger partial charge < -0.3 is 15.2 Å². The Kier molecular flexibility index (Phi) is 5.56. The van der Waals surface area contributed by atoms with E-state index < -0.39 is 5.97 Å². The SMILES string of the molecule is COc1ccc(C(NC(=O)CCc2ccc(C(=O)O)cc2)C2CC2)cc1. The largest absolute Gasteiger partial charge is 0.497 e. The number of aryl methyl sites for hydroxylation is 1. The van der Waals surface area contributed by atoms with E-state index in [1.165, 1.54) is 0 Å². The summed E-state index contributed by atoms with van der Waals surface area (Å²) in [7, 11) is 1.64. The van der Waals surface area contributed by atoms with E-state index in [4.69, 9.17) is 9.84 Å². The summed E-state index contributed by atoms with van der Waals surface area (Å²) in [4.78, 5) is 23.3. The summed E-state index contributed by atoms with van der Waals surface area (Å²) in [5, 5.41) is 12.1. The van der Waals surface area contributed by atoms with Gasteiger partial charge in [0.05, 0.1) is 18.7 Å². The van der Waals surface area contributed by atoms with E-state index in [1.54, 1.807) is 31.4 Å². The molecule has 1 saturated carbocycles. The summed E-state index contributed by atoms with van der Waals surface area (Å²) >= 11 is 0. The number of hydrogen-bond acceptors (Lipinski definition) is 3. The fourth-order valence-electron chi connectivity index (χ4n) is 3.03. The number of carbonyl (C=O) groups is 2. The van der Waals surface area contributed by atoms with E-state index in [1.807, 2.05) is 24.3 Å². The molecule has 0 aromatic heterocycles. The Balaban J connectivity index is 1.57. The minimum atomic E-state index is -0.943. The van der Waals surface area contributed by atoms with Crippen LogP contribution >= 0.6 is 0 Å². The smallest absolute Gasteiger partial charge is 0.335 e. The van der Waals surface area contributed by atoms with Crippen LogP contribution in [-0.2, 0) is 11.2 Å². The van der Waals surface area contributed by atoms with Crippen LogP contribution in [0.25, 0.3) is 0 Å². The lowest BCUT2D eigenvalue weighted by Gasteiger charge is -2.19. The Hall–Kier alpha value is -2.82. The Morgan fingerprint density at radius 2 is 1.77 bits per heavy atom. The maximum atomic E-state index is 12.4. The molecular formula is C21H23NO4. The summed E-state index contributed by atoms with van der Waals surface area (Å²) in [6, 6.07) is 14.6. The van der Waals surface area contributed by atoms with Gasteiger partial charge in [-0.2, -0.15) is 0 Å². The minimum Gasteiger partial charge on any atom is -0.497 e. The maximum Gasteiger partial charge on any atom is 0.335 e. The molecule has 1 atom stereocenters. The van der Waals surface area contributed by atoms with E-state index in [-0.39, 0.29) is 17.5 Å². The summed E-state index contributed by atoms with van der Waals surface area (Å²) in [5.41, 5.74) is 2.32. The van der Waals surface area contributed by atoms with E-state index in [0.717, 1.165) is 29.7 Å². The quantitative estimate of drug-likeness (QED) is 0.760. The van der Waals surface area contributed by atoms with E-state index in [9.17, 15) is 9.59 Å². The molecule has 5 heteroatoms. The third kappa shape index (κ3) is 4.63. The van der Waals surface area contributed by atoms with Gasteiger partial charge in [-0.15, -0.1) is 0 Å². The molecule has 2 N–H and O–H groups in total. The van der Waals surface area contributed by atoms with Gasteiger partial charge in [-0.25, -0.2) is 4.79 Å². The summed E-state index contributed by atoms with van der Waals surface area (Å²) in [6.07, 6.45) is 3.23. The first-order valence-corrected chi connectivity index (χ1v) is 8.82. The Morgan fingerprint density at radius 3 is 2.31 bits per heavy atom. The molecule has 0 radical (unpaired) electrons. The predicted octanol–water partition coefficient (Wildman–Crippen LogP) is 3.59. The number of aromatic carboxylic acids is 1. The van der Waals surface area contributed by atoms with Gasteiger partial charge in [0.2, 0.25) is 5.91 Å². The molecule has 1 fully saturated rings. The lowest BCUT2D eigenvalue weighted by Crippen LogP contribution is -2.30. The van der Waals surface area contributed by atoms with Crippen LogP contribution in [0.2, 0.25) is 0 Å². The molecule has 0 aliphatic heterocycles. The number of rotatable bonds is 8. The zero-order chi connectivity index (χ0) is 18.5. The van der Waals surface area contributed by atoms with Crippen LogP contribution in [0.3, 0.4) is 0 Å². The fraction of sp³-hybridized carbons (Fsp3) is 0.333. The number of hydrogen-bond donors (Lipinski definition) is 2. The van der Waals surface area contributed by atoms with Crippen molar-refractivity contribution in [1.29, 1.82) is 0 Å². The molecule has 3 rings (SSSR count). The second-order valence-corrected chi connectivity index (χ2v) is 6.66. The average molecular weight is 353 g/mol. The Labute approximate surface area is 153 Å². The second kappa shape index (κ2) is 8.04.